The lowest BCUT2D eigenvalue weighted by Gasteiger charge is -2.40. The molecule has 1 saturated heterocycles. The van der Waals surface area contributed by atoms with Crippen LogP contribution in [0.25, 0.3) is 0 Å². The number of carbonyl (C=O) groups excluding carboxylic acids is 2. The van der Waals surface area contributed by atoms with Crippen molar-refractivity contribution in [3.05, 3.63) is 65.2 Å². The van der Waals surface area contributed by atoms with Gasteiger partial charge in [-0.2, -0.15) is 13.2 Å². The zero-order chi connectivity index (χ0) is 21.3. The van der Waals surface area contributed by atoms with Crippen LogP contribution in [-0.4, -0.2) is 40.9 Å². The summed E-state index contributed by atoms with van der Waals surface area (Å²) in [6.45, 7) is 1.59. The third kappa shape index (κ3) is 4.27. The number of hydrogen-bond acceptors (Lipinski definition) is 2. The fourth-order valence-electron chi connectivity index (χ4n) is 4.04. The summed E-state index contributed by atoms with van der Waals surface area (Å²) >= 11 is 0. The van der Waals surface area contributed by atoms with Crippen LogP contribution in [0.3, 0.4) is 0 Å². The number of piperidine rings is 1. The molecule has 5 nitrogen and oxygen atoms in total. The van der Waals surface area contributed by atoms with Crippen LogP contribution in [0.2, 0.25) is 0 Å². The van der Waals surface area contributed by atoms with Gasteiger partial charge >= 0.3 is 12.2 Å². The normalized spacial score (nSPS) is 17.5. The highest BCUT2D eigenvalue weighted by atomic mass is 19.4. The van der Waals surface area contributed by atoms with Gasteiger partial charge < -0.3 is 15.1 Å². The van der Waals surface area contributed by atoms with Gasteiger partial charge in [0.05, 0.1) is 12.0 Å². The van der Waals surface area contributed by atoms with Gasteiger partial charge in [-0.3, -0.25) is 4.79 Å². The molecule has 2 aliphatic heterocycles. The molecule has 0 saturated carbocycles. The Morgan fingerprint density at radius 2 is 1.70 bits per heavy atom. The number of likely N-dealkylation sites (tertiary alicyclic amines) is 1. The van der Waals surface area contributed by atoms with Crippen molar-refractivity contribution in [3.8, 4) is 0 Å². The maximum Gasteiger partial charge on any atom is 0.416 e. The lowest BCUT2D eigenvalue weighted by Crippen LogP contribution is -2.51. The van der Waals surface area contributed by atoms with Crippen LogP contribution in [0.1, 0.15) is 29.5 Å². The first-order chi connectivity index (χ1) is 14.3. The molecule has 0 bridgehead atoms. The standard InChI is InChI=1S/C22H22F3N3O2/c23-22(24,25)17-7-5-15(6-8-17)13-20(29)27-11-9-18(10-12-27)28-14-16-3-1-2-4-19(16)26-21(28)30/h1-8,18H,9-14H2,(H,26,30). The first-order valence-corrected chi connectivity index (χ1v) is 9.91. The van der Waals surface area contributed by atoms with Crippen molar-refractivity contribution >= 4 is 17.6 Å². The zero-order valence-corrected chi connectivity index (χ0v) is 16.3. The fourth-order valence-corrected chi connectivity index (χ4v) is 4.04. The minimum absolute atomic E-state index is 0.0495. The van der Waals surface area contributed by atoms with Crippen molar-refractivity contribution in [1.82, 2.24) is 9.80 Å². The van der Waals surface area contributed by atoms with E-state index in [1.54, 1.807) is 4.90 Å². The molecule has 30 heavy (non-hydrogen) atoms. The maximum absolute atomic E-state index is 12.7. The number of benzene rings is 2. The lowest BCUT2D eigenvalue weighted by atomic mass is 10.00. The molecule has 0 aromatic heterocycles. The van der Waals surface area contributed by atoms with Crippen molar-refractivity contribution in [2.45, 2.75) is 38.0 Å². The van der Waals surface area contributed by atoms with E-state index in [1.165, 1.54) is 12.1 Å². The van der Waals surface area contributed by atoms with Crippen molar-refractivity contribution in [2.75, 3.05) is 18.4 Å². The fraction of sp³-hybridized carbons (Fsp3) is 0.364. The van der Waals surface area contributed by atoms with Gasteiger partial charge in [-0.15, -0.1) is 0 Å². The second kappa shape index (κ2) is 8.01. The highest BCUT2D eigenvalue weighted by Gasteiger charge is 2.33. The van der Waals surface area contributed by atoms with E-state index in [1.807, 2.05) is 29.2 Å². The van der Waals surface area contributed by atoms with Gasteiger partial charge in [-0.1, -0.05) is 30.3 Å². The molecule has 1 fully saturated rings. The quantitative estimate of drug-likeness (QED) is 0.810. The Balaban J connectivity index is 1.32. The number of amides is 3. The van der Waals surface area contributed by atoms with Crippen LogP contribution >= 0.6 is 0 Å². The maximum atomic E-state index is 12.7. The Morgan fingerprint density at radius 3 is 2.37 bits per heavy atom. The van der Waals surface area contributed by atoms with E-state index >= 15 is 0 Å². The molecule has 2 heterocycles. The molecule has 158 valence electrons. The summed E-state index contributed by atoms with van der Waals surface area (Å²) in [6.07, 6.45) is -2.96. The molecule has 2 aliphatic rings. The molecule has 0 radical (unpaired) electrons. The predicted molar refractivity (Wildman–Crippen MR) is 106 cm³/mol. The van der Waals surface area contributed by atoms with Crippen LogP contribution in [0.15, 0.2) is 48.5 Å². The smallest absolute Gasteiger partial charge is 0.342 e. The SMILES string of the molecule is O=C(Cc1ccc(C(F)(F)F)cc1)N1CCC(N2Cc3ccccc3NC2=O)CC1. The van der Waals surface area contributed by atoms with Gasteiger partial charge in [0.15, 0.2) is 0 Å². The average Bonchev–Trinajstić information content (AvgIpc) is 2.73. The van der Waals surface area contributed by atoms with E-state index in [9.17, 15) is 22.8 Å². The van der Waals surface area contributed by atoms with Gasteiger partial charge in [0, 0.05) is 31.4 Å². The summed E-state index contributed by atoms with van der Waals surface area (Å²) in [6, 6.07) is 12.3. The van der Waals surface area contributed by atoms with Crippen molar-refractivity contribution < 1.29 is 22.8 Å². The molecule has 0 spiro atoms. The monoisotopic (exact) mass is 417 g/mol. The van der Waals surface area contributed by atoms with E-state index in [0.717, 1.165) is 23.4 Å². The minimum atomic E-state index is -4.38. The Kier molecular flexibility index (Phi) is 5.40. The number of halogens is 3. The van der Waals surface area contributed by atoms with E-state index in [-0.39, 0.29) is 24.4 Å². The van der Waals surface area contributed by atoms with Gasteiger partial charge in [0.25, 0.3) is 0 Å². The topological polar surface area (TPSA) is 52.7 Å². The zero-order valence-electron chi connectivity index (χ0n) is 16.3. The average molecular weight is 417 g/mol. The van der Waals surface area contributed by atoms with Gasteiger partial charge in [-0.25, -0.2) is 4.79 Å². The summed E-state index contributed by atoms with van der Waals surface area (Å²) in [5, 5.41) is 2.92. The summed E-state index contributed by atoms with van der Waals surface area (Å²) in [4.78, 5) is 28.6. The second-order valence-corrected chi connectivity index (χ2v) is 7.70. The van der Waals surface area contributed by atoms with Crippen LogP contribution < -0.4 is 5.32 Å². The summed E-state index contributed by atoms with van der Waals surface area (Å²) in [5.41, 5.74) is 1.74. The number of rotatable bonds is 3. The van der Waals surface area contributed by atoms with Crippen LogP contribution in [0, 0.1) is 0 Å². The van der Waals surface area contributed by atoms with E-state index in [4.69, 9.17) is 0 Å². The number of hydrogen-bond donors (Lipinski definition) is 1. The van der Waals surface area contributed by atoms with Gasteiger partial charge in [0.2, 0.25) is 5.91 Å². The summed E-state index contributed by atoms with van der Waals surface area (Å²) < 4.78 is 38.0. The largest absolute Gasteiger partial charge is 0.416 e. The first-order valence-electron chi connectivity index (χ1n) is 9.91. The molecular formula is C22H22F3N3O2. The van der Waals surface area contributed by atoms with E-state index < -0.39 is 11.7 Å². The number of nitrogens with zero attached hydrogens (tertiary/aromatic N) is 2. The molecule has 0 aliphatic carbocycles. The second-order valence-electron chi connectivity index (χ2n) is 7.70. The van der Waals surface area contributed by atoms with Crippen LogP contribution in [0.5, 0.6) is 0 Å². The number of urea groups is 1. The predicted octanol–water partition coefficient (Wildman–Crippen LogP) is 4.29. The number of anilines is 1. The molecule has 4 rings (SSSR count). The highest BCUT2D eigenvalue weighted by molar-refractivity contribution is 5.92. The Hall–Kier alpha value is -3.03. The number of nitrogens with one attached hydrogen (secondary N) is 1. The third-order valence-corrected chi connectivity index (χ3v) is 5.76. The number of alkyl halides is 3. The molecular weight excluding hydrogens is 395 g/mol. The van der Waals surface area contributed by atoms with Crippen molar-refractivity contribution in [2.24, 2.45) is 0 Å². The molecule has 3 amide bonds. The van der Waals surface area contributed by atoms with Crippen LogP contribution in [-0.2, 0) is 23.9 Å². The van der Waals surface area contributed by atoms with E-state index in [0.29, 0.717) is 38.0 Å². The Morgan fingerprint density at radius 1 is 1.03 bits per heavy atom. The molecule has 2 aromatic rings. The first kappa shape index (κ1) is 20.3. The van der Waals surface area contributed by atoms with Crippen molar-refractivity contribution in [1.29, 1.82) is 0 Å². The molecule has 0 unspecified atom stereocenters. The van der Waals surface area contributed by atoms with Crippen molar-refractivity contribution in [3.63, 3.8) is 0 Å². The van der Waals surface area contributed by atoms with Gasteiger partial charge in [0.1, 0.15) is 0 Å². The molecule has 2 aromatic carbocycles. The Bertz CT molecular complexity index is 935. The van der Waals surface area contributed by atoms with E-state index in [2.05, 4.69) is 5.32 Å². The summed E-state index contributed by atoms with van der Waals surface area (Å²) in [5.74, 6) is -0.110. The third-order valence-electron chi connectivity index (χ3n) is 5.76. The summed E-state index contributed by atoms with van der Waals surface area (Å²) in [7, 11) is 0. The number of carbonyl (C=O) groups is 2. The number of para-hydroxylation sites is 1. The Labute approximate surface area is 172 Å². The molecule has 0 atom stereocenters. The number of fused-ring (bicyclic) bond motifs is 1. The highest BCUT2D eigenvalue weighted by Crippen LogP contribution is 2.30. The van der Waals surface area contributed by atoms with Crippen LogP contribution in [0.4, 0.5) is 23.7 Å². The minimum Gasteiger partial charge on any atom is -0.342 e. The molecule has 8 heteroatoms. The molecule has 1 N–H and O–H groups in total. The lowest BCUT2D eigenvalue weighted by molar-refractivity contribution is -0.137. The van der Waals surface area contributed by atoms with Gasteiger partial charge in [-0.05, 0) is 42.2 Å².